The summed E-state index contributed by atoms with van der Waals surface area (Å²) in [7, 11) is 0. The zero-order valence-electron chi connectivity index (χ0n) is 17.3. The van der Waals surface area contributed by atoms with Gasteiger partial charge in [0.15, 0.2) is 11.5 Å². The minimum absolute atomic E-state index is 0.0307. The lowest BCUT2D eigenvalue weighted by molar-refractivity contribution is -0.123. The maximum absolute atomic E-state index is 13.0. The highest BCUT2D eigenvalue weighted by Crippen LogP contribution is 2.59. The lowest BCUT2D eigenvalue weighted by atomic mass is 9.74. The van der Waals surface area contributed by atoms with E-state index in [1.807, 2.05) is 6.07 Å². The van der Waals surface area contributed by atoms with E-state index in [9.17, 15) is 4.79 Å². The van der Waals surface area contributed by atoms with Crippen LogP contribution in [0.25, 0.3) is 0 Å². The Labute approximate surface area is 167 Å². The molecule has 1 aliphatic carbocycles. The third-order valence-corrected chi connectivity index (χ3v) is 6.74. The molecule has 1 aromatic rings. The van der Waals surface area contributed by atoms with Gasteiger partial charge in [-0.3, -0.25) is 4.79 Å². The molecule has 2 fully saturated rings. The fourth-order valence-corrected chi connectivity index (χ4v) is 4.77. The van der Waals surface area contributed by atoms with Crippen molar-refractivity contribution in [3.63, 3.8) is 0 Å². The third kappa shape index (κ3) is 3.41. The number of ether oxygens (including phenoxy) is 3. The van der Waals surface area contributed by atoms with Crippen LogP contribution in [0.2, 0.25) is 0 Å². The van der Waals surface area contributed by atoms with E-state index in [1.165, 1.54) is 11.1 Å². The third-order valence-electron chi connectivity index (χ3n) is 6.74. The van der Waals surface area contributed by atoms with Crippen LogP contribution in [0, 0.1) is 17.3 Å². The van der Waals surface area contributed by atoms with E-state index in [2.05, 4.69) is 51.2 Å². The minimum Gasteiger partial charge on any atom is -0.454 e. The molecule has 1 N–H and O–H groups in total. The Morgan fingerprint density at radius 2 is 1.89 bits per heavy atom. The first-order chi connectivity index (χ1) is 13.3. The molecule has 3 aliphatic rings. The van der Waals surface area contributed by atoms with E-state index in [0.717, 1.165) is 24.3 Å². The normalized spacial score (nSPS) is 26.4. The predicted octanol–water partition coefficient (Wildman–Crippen LogP) is 3.82. The molecule has 1 amide bonds. The van der Waals surface area contributed by atoms with Crippen molar-refractivity contribution >= 4 is 5.91 Å². The van der Waals surface area contributed by atoms with Crippen molar-refractivity contribution in [2.45, 2.75) is 46.0 Å². The Hall–Kier alpha value is -2.01. The van der Waals surface area contributed by atoms with E-state index in [4.69, 9.17) is 14.2 Å². The van der Waals surface area contributed by atoms with E-state index in [0.29, 0.717) is 25.7 Å². The molecule has 2 atom stereocenters. The molecule has 152 valence electrons. The molecule has 0 bridgehead atoms. The fourth-order valence-electron chi connectivity index (χ4n) is 4.77. The number of benzene rings is 1. The number of hydrogen-bond acceptors (Lipinski definition) is 4. The summed E-state index contributed by atoms with van der Waals surface area (Å²) < 4.78 is 16.7. The molecule has 28 heavy (non-hydrogen) atoms. The van der Waals surface area contributed by atoms with E-state index >= 15 is 0 Å². The largest absolute Gasteiger partial charge is 0.454 e. The summed E-state index contributed by atoms with van der Waals surface area (Å²) in [5, 5.41) is 3.28. The number of carbonyl (C=O) groups excluding carboxylic acids is 1. The molecule has 2 aliphatic heterocycles. The van der Waals surface area contributed by atoms with Crippen molar-refractivity contribution in [3.05, 3.63) is 35.4 Å². The van der Waals surface area contributed by atoms with E-state index in [1.54, 1.807) is 0 Å². The van der Waals surface area contributed by atoms with E-state index < -0.39 is 0 Å². The van der Waals surface area contributed by atoms with Crippen LogP contribution >= 0.6 is 0 Å². The van der Waals surface area contributed by atoms with Crippen molar-refractivity contribution in [1.29, 1.82) is 0 Å². The maximum Gasteiger partial charge on any atom is 0.231 e. The molecule has 5 heteroatoms. The maximum atomic E-state index is 13.0. The summed E-state index contributed by atoms with van der Waals surface area (Å²) in [6.45, 7) is 10.9. The summed E-state index contributed by atoms with van der Waals surface area (Å²) in [5.41, 5.74) is 2.37. The van der Waals surface area contributed by atoms with Gasteiger partial charge in [0.05, 0.1) is 5.92 Å². The summed E-state index contributed by atoms with van der Waals surface area (Å²) in [5.74, 6) is 2.13. The van der Waals surface area contributed by atoms with Gasteiger partial charge in [0.1, 0.15) is 0 Å². The number of hydrogen-bond donors (Lipinski definition) is 1. The van der Waals surface area contributed by atoms with Crippen molar-refractivity contribution in [2.24, 2.45) is 17.3 Å². The van der Waals surface area contributed by atoms with Gasteiger partial charge in [-0.25, -0.2) is 0 Å². The van der Waals surface area contributed by atoms with E-state index in [-0.39, 0.29) is 29.4 Å². The highest BCUT2D eigenvalue weighted by Gasteiger charge is 2.60. The van der Waals surface area contributed by atoms with Crippen molar-refractivity contribution in [3.8, 4) is 11.5 Å². The number of nitrogens with one attached hydrogen (secondary N) is 1. The Bertz CT molecular complexity index is 788. The van der Waals surface area contributed by atoms with Gasteiger partial charge in [0.2, 0.25) is 12.7 Å². The first-order valence-electron chi connectivity index (χ1n) is 10.2. The Morgan fingerprint density at radius 1 is 1.18 bits per heavy atom. The summed E-state index contributed by atoms with van der Waals surface area (Å²) in [6.07, 6.45) is 4.02. The van der Waals surface area contributed by atoms with Gasteiger partial charge in [-0.1, -0.05) is 31.6 Å². The first-order valence-corrected chi connectivity index (χ1v) is 10.2. The zero-order chi connectivity index (χ0) is 19.9. The molecule has 4 rings (SSSR count). The van der Waals surface area contributed by atoms with Gasteiger partial charge in [0, 0.05) is 25.2 Å². The van der Waals surface area contributed by atoms with Crippen LogP contribution in [-0.2, 0) is 14.9 Å². The van der Waals surface area contributed by atoms with Gasteiger partial charge in [-0.05, 0) is 55.7 Å². The monoisotopic (exact) mass is 385 g/mol. The molecule has 0 unspecified atom stereocenters. The molecule has 1 aromatic carbocycles. The van der Waals surface area contributed by atoms with Gasteiger partial charge in [-0.15, -0.1) is 0 Å². The highest BCUT2D eigenvalue weighted by molar-refractivity contribution is 5.83. The number of fused-ring (bicyclic) bond motifs is 1. The fraction of sp³-hybridized carbons (Fsp3) is 0.609. The van der Waals surface area contributed by atoms with Gasteiger partial charge in [-0.2, -0.15) is 0 Å². The predicted molar refractivity (Wildman–Crippen MR) is 107 cm³/mol. The van der Waals surface area contributed by atoms with Crippen LogP contribution in [0.3, 0.4) is 0 Å². The SMILES string of the molecule is CC(C)=C[C@H]1[C@H](C(=O)NCC2(c3ccc4c(c3)OCO4)CCOCC2)C1(C)C. The minimum atomic E-state index is -0.125. The second kappa shape index (κ2) is 7.11. The smallest absolute Gasteiger partial charge is 0.231 e. The molecular weight excluding hydrogens is 354 g/mol. The number of rotatable bonds is 5. The van der Waals surface area contributed by atoms with Crippen LogP contribution in [0.5, 0.6) is 11.5 Å². The average molecular weight is 386 g/mol. The van der Waals surface area contributed by atoms with Gasteiger partial charge in [0.25, 0.3) is 0 Å². The van der Waals surface area contributed by atoms with Gasteiger partial charge >= 0.3 is 0 Å². The zero-order valence-corrected chi connectivity index (χ0v) is 17.3. The second-order valence-electron chi connectivity index (χ2n) is 9.25. The van der Waals surface area contributed by atoms with Crippen LogP contribution in [-0.4, -0.2) is 32.5 Å². The number of carbonyl (C=O) groups is 1. The summed E-state index contributed by atoms with van der Waals surface area (Å²) in [6, 6.07) is 6.16. The second-order valence-corrected chi connectivity index (χ2v) is 9.25. The molecule has 0 radical (unpaired) electrons. The first kappa shape index (κ1) is 19.3. The number of allylic oxidation sites excluding steroid dienone is 2. The average Bonchev–Trinajstić information content (AvgIpc) is 3.01. The topological polar surface area (TPSA) is 56.8 Å². The van der Waals surface area contributed by atoms with Crippen LogP contribution in [0.4, 0.5) is 0 Å². The van der Waals surface area contributed by atoms with Crippen LogP contribution < -0.4 is 14.8 Å². The number of amides is 1. The van der Waals surface area contributed by atoms with Crippen molar-refractivity contribution in [2.75, 3.05) is 26.6 Å². The molecule has 0 aromatic heterocycles. The van der Waals surface area contributed by atoms with Gasteiger partial charge < -0.3 is 19.5 Å². The molecule has 5 nitrogen and oxygen atoms in total. The molecule has 0 spiro atoms. The summed E-state index contributed by atoms with van der Waals surface area (Å²) >= 11 is 0. The van der Waals surface area contributed by atoms with Crippen LogP contribution in [0.1, 0.15) is 46.1 Å². The van der Waals surface area contributed by atoms with Crippen LogP contribution in [0.15, 0.2) is 29.8 Å². The quantitative estimate of drug-likeness (QED) is 0.783. The lowest BCUT2D eigenvalue weighted by Gasteiger charge is -2.38. The standard InChI is InChI=1S/C23H31NO4/c1-15(2)11-17-20(22(17,3)4)21(25)24-13-23(7-9-26-10-8-23)16-5-6-18-19(12-16)28-14-27-18/h5-6,11-12,17,20H,7-10,13-14H2,1-4H3,(H,24,25)/t17-,20+/m0/s1. The van der Waals surface area contributed by atoms with Crippen molar-refractivity contribution in [1.82, 2.24) is 5.32 Å². The van der Waals surface area contributed by atoms with Crippen molar-refractivity contribution < 1.29 is 19.0 Å². The Morgan fingerprint density at radius 3 is 2.61 bits per heavy atom. The Balaban J connectivity index is 1.50. The summed E-state index contributed by atoms with van der Waals surface area (Å²) in [4.78, 5) is 13.0. The Kier molecular flexibility index (Phi) is 4.90. The lowest BCUT2D eigenvalue weighted by Crippen LogP contribution is -2.45. The highest BCUT2D eigenvalue weighted by atomic mass is 16.7. The molecule has 1 saturated carbocycles. The molecular formula is C23H31NO4. The molecule has 2 heterocycles. The molecule has 1 saturated heterocycles.